The van der Waals surface area contributed by atoms with Crippen LogP contribution in [-0.2, 0) is 0 Å². The average molecular weight is 152 g/mol. The first-order valence-electron chi connectivity index (χ1n) is 3.08. The number of allylic oxidation sites excluding steroid dienone is 2. The summed E-state index contributed by atoms with van der Waals surface area (Å²) in [7, 11) is 0. The highest BCUT2D eigenvalue weighted by Crippen LogP contribution is 2.04. The summed E-state index contributed by atoms with van der Waals surface area (Å²) in [5, 5.41) is 27.1. The van der Waals surface area contributed by atoms with Gasteiger partial charge in [-0.2, -0.15) is 0 Å². The molecule has 0 amide bonds. The van der Waals surface area contributed by atoms with Gasteiger partial charge in [0.15, 0.2) is 0 Å². The first-order valence-corrected chi connectivity index (χ1v) is 3.08. The van der Waals surface area contributed by atoms with Gasteiger partial charge in [-0.1, -0.05) is 11.2 Å². The standard InChI is InChI=1S/C7H8N2O2/c8-6-3-5(4-10)1-2-7(6)9-11/h1-3,8,10-11H,4H2/b8-6?,9-7-. The van der Waals surface area contributed by atoms with Gasteiger partial charge in [0.25, 0.3) is 0 Å². The molecule has 0 saturated carbocycles. The molecule has 0 aromatic rings. The predicted molar refractivity (Wildman–Crippen MR) is 41.3 cm³/mol. The van der Waals surface area contributed by atoms with Gasteiger partial charge in [0, 0.05) is 0 Å². The van der Waals surface area contributed by atoms with Crippen LogP contribution < -0.4 is 0 Å². The molecule has 4 heteroatoms. The molecule has 1 rings (SSSR count). The number of aliphatic hydroxyl groups is 1. The van der Waals surface area contributed by atoms with Crippen molar-refractivity contribution < 1.29 is 10.3 Å². The summed E-state index contributed by atoms with van der Waals surface area (Å²) >= 11 is 0. The lowest BCUT2D eigenvalue weighted by molar-refractivity contribution is 0.320. The van der Waals surface area contributed by atoms with Gasteiger partial charge >= 0.3 is 0 Å². The van der Waals surface area contributed by atoms with Gasteiger partial charge in [-0.25, -0.2) is 0 Å². The Morgan fingerprint density at radius 1 is 1.45 bits per heavy atom. The third kappa shape index (κ3) is 1.53. The minimum absolute atomic E-state index is 0.0996. The molecule has 0 atom stereocenters. The number of hydrogen-bond acceptors (Lipinski definition) is 4. The molecule has 0 saturated heterocycles. The molecule has 0 heterocycles. The molecule has 0 spiro atoms. The highest BCUT2D eigenvalue weighted by molar-refractivity contribution is 6.50. The summed E-state index contributed by atoms with van der Waals surface area (Å²) in [6.45, 7) is -0.0996. The Bertz CT molecular complexity index is 264. The highest BCUT2D eigenvalue weighted by Gasteiger charge is 2.07. The lowest BCUT2D eigenvalue weighted by atomic mass is 10.0. The molecule has 58 valence electrons. The van der Waals surface area contributed by atoms with Gasteiger partial charge in [-0.3, -0.25) is 5.41 Å². The van der Waals surface area contributed by atoms with E-state index in [1.54, 1.807) is 6.08 Å². The largest absolute Gasteiger partial charge is 0.410 e. The first kappa shape index (κ1) is 7.68. The van der Waals surface area contributed by atoms with E-state index in [1.165, 1.54) is 12.2 Å². The lowest BCUT2D eigenvalue weighted by Gasteiger charge is -2.04. The van der Waals surface area contributed by atoms with Crippen LogP contribution in [0.4, 0.5) is 0 Å². The van der Waals surface area contributed by atoms with Crippen molar-refractivity contribution in [3.05, 3.63) is 23.8 Å². The van der Waals surface area contributed by atoms with Crippen molar-refractivity contribution in [1.82, 2.24) is 0 Å². The van der Waals surface area contributed by atoms with Crippen molar-refractivity contribution >= 4 is 11.4 Å². The van der Waals surface area contributed by atoms with E-state index < -0.39 is 0 Å². The number of nitrogens with one attached hydrogen (secondary N) is 1. The van der Waals surface area contributed by atoms with Crippen molar-refractivity contribution in [2.45, 2.75) is 0 Å². The van der Waals surface area contributed by atoms with Crippen LogP contribution in [0.2, 0.25) is 0 Å². The van der Waals surface area contributed by atoms with Gasteiger partial charge in [0.2, 0.25) is 0 Å². The van der Waals surface area contributed by atoms with E-state index in [1.807, 2.05) is 0 Å². The molecule has 0 unspecified atom stereocenters. The summed E-state index contributed by atoms with van der Waals surface area (Å²) < 4.78 is 0. The number of aliphatic hydroxyl groups excluding tert-OH is 1. The zero-order valence-corrected chi connectivity index (χ0v) is 5.78. The first-order chi connectivity index (χ1) is 5.27. The zero-order valence-electron chi connectivity index (χ0n) is 5.78. The van der Waals surface area contributed by atoms with E-state index in [4.69, 9.17) is 15.7 Å². The molecule has 0 bridgehead atoms. The van der Waals surface area contributed by atoms with Crippen LogP contribution >= 0.6 is 0 Å². The molecule has 11 heavy (non-hydrogen) atoms. The SMILES string of the molecule is N=C1C=C(CO)C=C/C1=N/O. The molecular formula is C7H8N2O2. The summed E-state index contributed by atoms with van der Waals surface area (Å²) in [5.74, 6) is 0. The smallest absolute Gasteiger partial charge is 0.127 e. The molecule has 1 aliphatic carbocycles. The summed E-state index contributed by atoms with van der Waals surface area (Å²) in [6.07, 6.45) is 4.54. The fourth-order valence-electron chi connectivity index (χ4n) is 0.769. The molecule has 0 fully saturated rings. The second kappa shape index (κ2) is 3.12. The minimum atomic E-state index is -0.0996. The van der Waals surface area contributed by atoms with Crippen LogP contribution in [0.25, 0.3) is 0 Å². The average Bonchev–Trinajstić information content (AvgIpc) is 2.04. The van der Waals surface area contributed by atoms with Gasteiger partial charge in [0.1, 0.15) is 5.71 Å². The molecule has 1 aliphatic rings. The Morgan fingerprint density at radius 3 is 2.64 bits per heavy atom. The van der Waals surface area contributed by atoms with Crippen molar-refractivity contribution in [1.29, 1.82) is 5.41 Å². The van der Waals surface area contributed by atoms with E-state index >= 15 is 0 Å². The Balaban J connectivity index is 2.88. The maximum absolute atomic E-state index is 8.65. The lowest BCUT2D eigenvalue weighted by Crippen LogP contribution is -2.12. The third-order valence-corrected chi connectivity index (χ3v) is 1.35. The van der Waals surface area contributed by atoms with Crippen LogP contribution in [-0.4, -0.2) is 28.3 Å². The summed E-state index contributed by atoms with van der Waals surface area (Å²) in [5.41, 5.74) is 0.962. The molecule has 4 nitrogen and oxygen atoms in total. The zero-order chi connectivity index (χ0) is 8.27. The number of oxime groups is 1. The normalized spacial score (nSPS) is 20.6. The molecule has 0 aliphatic heterocycles. The van der Waals surface area contributed by atoms with E-state index in [9.17, 15) is 0 Å². The van der Waals surface area contributed by atoms with Crippen molar-refractivity contribution in [3.8, 4) is 0 Å². The van der Waals surface area contributed by atoms with Gasteiger partial charge in [-0.05, 0) is 17.7 Å². The maximum atomic E-state index is 8.65. The Labute approximate surface area is 63.7 Å². The quantitative estimate of drug-likeness (QED) is 0.287. The predicted octanol–water partition coefficient (Wildman–Crippen LogP) is 0.325. The summed E-state index contributed by atoms with van der Waals surface area (Å²) in [6, 6.07) is 0. The molecule has 0 aromatic heterocycles. The Hall–Kier alpha value is -1.42. The van der Waals surface area contributed by atoms with Gasteiger partial charge in [-0.15, -0.1) is 0 Å². The van der Waals surface area contributed by atoms with Crippen LogP contribution in [0.1, 0.15) is 0 Å². The molecule has 0 radical (unpaired) electrons. The van der Waals surface area contributed by atoms with Gasteiger partial charge < -0.3 is 10.3 Å². The summed E-state index contributed by atoms with van der Waals surface area (Å²) in [4.78, 5) is 0. The second-order valence-corrected chi connectivity index (χ2v) is 2.11. The minimum Gasteiger partial charge on any atom is -0.410 e. The van der Waals surface area contributed by atoms with Crippen molar-refractivity contribution in [2.75, 3.05) is 6.61 Å². The number of rotatable bonds is 1. The van der Waals surface area contributed by atoms with Crippen LogP contribution in [0.15, 0.2) is 29.0 Å². The van der Waals surface area contributed by atoms with E-state index in [2.05, 4.69) is 5.16 Å². The van der Waals surface area contributed by atoms with Crippen molar-refractivity contribution in [3.63, 3.8) is 0 Å². The number of nitrogens with zero attached hydrogens (tertiary/aromatic N) is 1. The molecule has 3 N–H and O–H groups in total. The van der Waals surface area contributed by atoms with E-state index in [-0.39, 0.29) is 18.0 Å². The van der Waals surface area contributed by atoms with Crippen molar-refractivity contribution in [2.24, 2.45) is 5.16 Å². The van der Waals surface area contributed by atoms with Gasteiger partial charge in [0.05, 0.1) is 12.3 Å². The fraction of sp³-hybridized carbons (Fsp3) is 0.143. The fourth-order valence-corrected chi connectivity index (χ4v) is 0.769. The molecule has 0 aromatic carbocycles. The van der Waals surface area contributed by atoms with Crippen LogP contribution in [0.3, 0.4) is 0 Å². The number of hydrogen-bond donors (Lipinski definition) is 3. The third-order valence-electron chi connectivity index (χ3n) is 1.35. The van der Waals surface area contributed by atoms with E-state index in [0.29, 0.717) is 5.57 Å². The van der Waals surface area contributed by atoms with E-state index in [0.717, 1.165) is 0 Å². The molecular weight excluding hydrogens is 144 g/mol. The highest BCUT2D eigenvalue weighted by atomic mass is 16.4. The Kier molecular flexibility index (Phi) is 2.18. The monoisotopic (exact) mass is 152 g/mol. The topological polar surface area (TPSA) is 76.7 Å². The van der Waals surface area contributed by atoms with Crippen LogP contribution in [0.5, 0.6) is 0 Å². The second-order valence-electron chi connectivity index (χ2n) is 2.11. The van der Waals surface area contributed by atoms with Crippen LogP contribution in [0, 0.1) is 5.41 Å². The maximum Gasteiger partial charge on any atom is 0.127 e. The Morgan fingerprint density at radius 2 is 2.18 bits per heavy atom.